The number of benzene rings is 2. The van der Waals surface area contributed by atoms with Gasteiger partial charge in [-0.15, -0.1) is 10.2 Å². The van der Waals surface area contributed by atoms with E-state index in [9.17, 15) is 4.79 Å². The van der Waals surface area contributed by atoms with Gasteiger partial charge >= 0.3 is 0 Å². The number of amides is 1. The zero-order chi connectivity index (χ0) is 18.6. The molecule has 1 atom stereocenters. The lowest BCUT2D eigenvalue weighted by Crippen LogP contribution is -2.19. The van der Waals surface area contributed by atoms with Crippen LogP contribution < -0.4 is 10.6 Å². The van der Waals surface area contributed by atoms with Crippen LogP contribution in [-0.4, -0.2) is 22.1 Å². The van der Waals surface area contributed by atoms with E-state index in [1.165, 1.54) is 35.9 Å². The van der Waals surface area contributed by atoms with Crippen LogP contribution in [0.5, 0.6) is 0 Å². The predicted molar refractivity (Wildman–Crippen MR) is 111 cm³/mol. The summed E-state index contributed by atoms with van der Waals surface area (Å²) in [6, 6.07) is 18.1. The molecule has 2 N–H and O–H groups in total. The van der Waals surface area contributed by atoms with E-state index in [-0.39, 0.29) is 5.91 Å². The number of hydrogen-bond acceptors (Lipinski definition) is 6. The number of thioether (sulfide) groups is 1. The fraction of sp³-hybridized carbons (Fsp3) is 0.250. The average molecular weight is 397 g/mol. The van der Waals surface area contributed by atoms with Crippen molar-refractivity contribution >= 4 is 39.8 Å². The van der Waals surface area contributed by atoms with E-state index in [4.69, 9.17) is 0 Å². The van der Waals surface area contributed by atoms with Gasteiger partial charge in [0.1, 0.15) is 5.25 Å². The lowest BCUT2D eigenvalue weighted by molar-refractivity contribution is -0.115. The summed E-state index contributed by atoms with van der Waals surface area (Å²) in [4.78, 5) is 13.0. The summed E-state index contributed by atoms with van der Waals surface area (Å²) in [7, 11) is 0. The summed E-state index contributed by atoms with van der Waals surface area (Å²) < 4.78 is 0.783. The van der Waals surface area contributed by atoms with E-state index in [2.05, 4.69) is 20.8 Å². The zero-order valence-electron chi connectivity index (χ0n) is 14.9. The largest absolute Gasteiger partial charge is 0.357 e. The van der Waals surface area contributed by atoms with Crippen molar-refractivity contribution in [3.8, 4) is 0 Å². The molecule has 0 unspecified atom stereocenters. The molecule has 1 fully saturated rings. The predicted octanol–water partition coefficient (Wildman–Crippen LogP) is 4.89. The molecule has 1 saturated carbocycles. The van der Waals surface area contributed by atoms with Crippen molar-refractivity contribution in [3.63, 3.8) is 0 Å². The minimum absolute atomic E-state index is 0.0676. The highest BCUT2D eigenvalue weighted by Crippen LogP contribution is 2.39. The van der Waals surface area contributed by atoms with Crippen LogP contribution in [0.1, 0.15) is 29.2 Å². The highest BCUT2D eigenvalue weighted by atomic mass is 32.2. The highest BCUT2D eigenvalue weighted by molar-refractivity contribution is 8.02. The molecule has 27 heavy (non-hydrogen) atoms. The van der Waals surface area contributed by atoms with Crippen molar-refractivity contribution in [3.05, 3.63) is 65.7 Å². The molecule has 0 spiro atoms. The second-order valence-electron chi connectivity index (χ2n) is 6.56. The SMILES string of the molecule is Cc1ccc(NC(=O)[C@H](Sc2nnc(NC3CC3)s2)c2ccccc2)cc1. The van der Waals surface area contributed by atoms with E-state index >= 15 is 0 Å². The van der Waals surface area contributed by atoms with Crippen LogP contribution in [0.25, 0.3) is 0 Å². The number of hydrogen-bond donors (Lipinski definition) is 2. The van der Waals surface area contributed by atoms with Crippen molar-refractivity contribution in [1.29, 1.82) is 0 Å². The molecule has 1 heterocycles. The molecule has 0 radical (unpaired) electrons. The van der Waals surface area contributed by atoms with Crippen LogP contribution in [0.15, 0.2) is 58.9 Å². The van der Waals surface area contributed by atoms with E-state index in [1.54, 1.807) is 0 Å². The van der Waals surface area contributed by atoms with Crippen molar-refractivity contribution in [2.45, 2.75) is 35.4 Å². The van der Waals surface area contributed by atoms with Crippen LogP contribution in [0.4, 0.5) is 10.8 Å². The number of carbonyl (C=O) groups excluding carboxylic acids is 1. The minimum Gasteiger partial charge on any atom is -0.357 e. The third-order valence-electron chi connectivity index (χ3n) is 4.19. The molecule has 1 aliphatic carbocycles. The van der Waals surface area contributed by atoms with Gasteiger partial charge in [0.2, 0.25) is 11.0 Å². The average Bonchev–Trinajstić information content (AvgIpc) is 3.39. The normalized spacial score (nSPS) is 14.6. The molecule has 1 aliphatic rings. The number of carbonyl (C=O) groups is 1. The first-order valence-electron chi connectivity index (χ1n) is 8.86. The van der Waals surface area contributed by atoms with Gasteiger partial charge < -0.3 is 10.6 Å². The molecular weight excluding hydrogens is 376 g/mol. The van der Waals surface area contributed by atoms with Gasteiger partial charge in [0.05, 0.1) is 0 Å². The van der Waals surface area contributed by atoms with Gasteiger partial charge in [-0.25, -0.2) is 0 Å². The Labute approximate surface area is 166 Å². The minimum atomic E-state index is -0.394. The Morgan fingerprint density at radius 3 is 2.56 bits per heavy atom. The van der Waals surface area contributed by atoms with Gasteiger partial charge in [-0.05, 0) is 37.5 Å². The second-order valence-corrected chi connectivity index (χ2v) is 8.89. The highest BCUT2D eigenvalue weighted by Gasteiger charge is 2.26. The molecule has 2 aromatic carbocycles. The molecule has 5 nitrogen and oxygen atoms in total. The summed E-state index contributed by atoms with van der Waals surface area (Å²) in [6.07, 6.45) is 2.38. The van der Waals surface area contributed by atoms with Crippen molar-refractivity contribution in [2.24, 2.45) is 0 Å². The summed E-state index contributed by atoms with van der Waals surface area (Å²) >= 11 is 2.93. The third kappa shape index (κ3) is 4.87. The van der Waals surface area contributed by atoms with Crippen LogP contribution in [0.3, 0.4) is 0 Å². The molecule has 0 saturated heterocycles. The maximum Gasteiger partial charge on any atom is 0.242 e. The zero-order valence-corrected chi connectivity index (χ0v) is 16.5. The molecule has 7 heteroatoms. The Balaban J connectivity index is 1.52. The lowest BCUT2D eigenvalue weighted by atomic mass is 10.1. The van der Waals surface area contributed by atoms with Crippen LogP contribution in [-0.2, 0) is 4.79 Å². The Kier molecular flexibility index (Phi) is 5.40. The summed E-state index contributed by atoms with van der Waals surface area (Å²) in [5.41, 5.74) is 2.89. The van der Waals surface area contributed by atoms with Crippen LogP contribution in [0, 0.1) is 6.92 Å². The quantitative estimate of drug-likeness (QED) is 0.557. The first-order chi connectivity index (χ1) is 13.2. The molecule has 1 aromatic heterocycles. The fourth-order valence-corrected chi connectivity index (χ4v) is 4.59. The number of nitrogens with zero attached hydrogens (tertiary/aromatic N) is 2. The third-order valence-corrected chi connectivity index (χ3v) is 6.38. The number of aryl methyl sites for hydroxylation is 1. The van der Waals surface area contributed by atoms with Gasteiger partial charge in [0.25, 0.3) is 0 Å². The molecular formula is C20H20N4OS2. The van der Waals surface area contributed by atoms with Gasteiger partial charge in [-0.3, -0.25) is 4.79 Å². The summed E-state index contributed by atoms with van der Waals surface area (Å²) in [5.74, 6) is -0.0676. The Morgan fingerprint density at radius 1 is 1.11 bits per heavy atom. The van der Waals surface area contributed by atoms with Gasteiger partial charge in [-0.2, -0.15) is 0 Å². The smallest absolute Gasteiger partial charge is 0.242 e. The van der Waals surface area contributed by atoms with E-state index in [1.807, 2.05) is 61.5 Å². The van der Waals surface area contributed by atoms with E-state index in [0.29, 0.717) is 6.04 Å². The van der Waals surface area contributed by atoms with Gasteiger partial charge in [-0.1, -0.05) is 71.1 Å². The first kappa shape index (κ1) is 18.0. The topological polar surface area (TPSA) is 66.9 Å². The van der Waals surface area contributed by atoms with Crippen LogP contribution >= 0.6 is 23.1 Å². The molecule has 3 aromatic rings. The van der Waals surface area contributed by atoms with Gasteiger partial charge in [0, 0.05) is 11.7 Å². The van der Waals surface area contributed by atoms with Gasteiger partial charge in [0.15, 0.2) is 4.34 Å². The van der Waals surface area contributed by atoms with E-state index < -0.39 is 5.25 Å². The molecule has 0 bridgehead atoms. The number of anilines is 2. The molecule has 4 rings (SSSR count). The molecule has 1 amide bonds. The number of nitrogens with one attached hydrogen (secondary N) is 2. The Morgan fingerprint density at radius 2 is 1.85 bits per heavy atom. The van der Waals surface area contributed by atoms with Crippen molar-refractivity contribution in [1.82, 2.24) is 10.2 Å². The van der Waals surface area contributed by atoms with Crippen LogP contribution in [0.2, 0.25) is 0 Å². The number of rotatable bonds is 7. The first-order valence-corrected chi connectivity index (χ1v) is 10.6. The molecule has 0 aliphatic heterocycles. The fourth-order valence-electron chi connectivity index (χ4n) is 2.56. The number of aromatic nitrogens is 2. The molecule has 138 valence electrons. The van der Waals surface area contributed by atoms with Crippen molar-refractivity contribution < 1.29 is 4.79 Å². The maximum atomic E-state index is 13.0. The van der Waals surface area contributed by atoms with E-state index in [0.717, 1.165) is 26.3 Å². The lowest BCUT2D eigenvalue weighted by Gasteiger charge is -2.15. The Bertz CT molecular complexity index is 907. The summed E-state index contributed by atoms with van der Waals surface area (Å²) in [6.45, 7) is 2.02. The maximum absolute atomic E-state index is 13.0. The summed E-state index contributed by atoms with van der Waals surface area (Å²) in [5, 5.41) is 15.3. The van der Waals surface area contributed by atoms with Crippen molar-refractivity contribution in [2.75, 3.05) is 10.6 Å². The standard InChI is InChI=1S/C20H20N4OS2/c1-13-7-9-15(10-8-13)21-18(25)17(14-5-3-2-4-6-14)26-20-24-23-19(27-20)22-16-11-12-16/h2-10,16-17H,11-12H2,1H3,(H,21,25)(H,22,23)/t17-/m1/s1. The Hall–Kier alpha value is -2.38. The second kappa shape index (κ2) is 8.10. The monoisotopic (exact) mass is 396 g/mol.